The Hall–Kier alpha value is -2.84. The Morgan fingerprint density at radius 3 is 2.69 bits per heavy atom. The molecule has 0 spiro atoms. The smallest absolute Gasteiger partial charge is 0.252 e. The van der Waals surface area contributed by atoms with Crippen LogP contribution in [0.3, 0.4) is 0 Å². The van der Waals surface area contributed by atoms with Gasteiger partial charge < -0.3 is 10.1 Å². The summed E-state index contributed by atoms with van der Waals surface area (Å²) in [4.78, 5) is 25.0. The number of pyridine rings is 2. The molecular weight excluding hydrogens is 404 g/mol. The first-order chi connectivity index (χ1) is 15.5. The van der Waals surface area contributed by atoms with Crippen LogP contribution in [-0.2, 0) is 4.74 Å². The van der Waals surface area contributed by atoms with Gasteiger partial charge >= 0.3 is 0 Å². The number of carbonyl (C=O) groups is 1. The van der Waals surface area contributed by atoms with Crippen LogP contribution >= 0.6 is 0 Å². The molecule has 1 amide bonds. The average molecular weight is 435 g/mol. The van der Waals surface area contributed by atoms with E-state index >= 15 is 0 Å². The van der Waals surface area contributed by atoms with Crippen molar-refractivity contribution in [2.24, 2.45) is 0 Å². The quantitative estimate of drug-likeness (QED) is 0.642. The van der Waals surface area contributed by atoms with Crippen molar-refractivity contribution in [3.8, 4) is 5.82 Å². The zero-order valence-electron chi connectivity index (χ0n) is 18.9. The molecular formula is C24H30N6O2. The van der Waals surface area contributed by atoms with Crippen molar-refractivity contribution < 1.29 is 9.53 Å². The lowest BCUT2D eigenvalue weighted by atomic mass is 10.1. The minimum absolute atomic E-state index is 0.0719. The van der Waals surface area contributed by atoms with Gasteiger partial charge in [0.1, 0.15) is 0 Å². The molecule has 2 aliphatic rings. The van der Waals surface area contributed by atoms with Crippen LogP contribution < -0.4 is 5.32 Å². The van der Waals surface area contributed by atoms with Gasteiger partial charge in [-0.3, -0.25) is 9.69 Å². The van der Waals surface area contributed by atoms with Crippen LogP contribution in [0, 0.1) is 6.92 Å². The lowest BCUT2D eigenvalue weighted by molar-refractivity contribution is -0.0672. The topological polar surface area (TPSA) is 85.2 Å². The third-order valence-corrected chi connectivity index (χ3v) is 6.15. The summed E-state index contributed by atoms with van der Waals surface area (Å²) in [7, 11) is 0. The zero-order valence-corrected chi connectivity index (χ0v) is 18.9. The molecule has 3 aromatic heterocycles. The van der Waals surface area contributed by atoms with E-state index in [1.54, 1.807) is 10.9 Å². The maximum absolute atomic E-state index is 13.3. The lowest BCUT2D eigenvalue weighted by Gasteiger charge is -2.35. The molecule has 8 heteroatoms. The van der Waals surface area contributed by atoms with E-state index in [9.17, 15) is 4.79 Å². The van der Waals surface area contributed by atoms with Gasteiger partial charge in [0, 0.05) is 44.0 Å². The van der Waals surface area contributed by atoms with E-state index in [2.05, 4.69) is 34.1 Å². The Kier molecular flexibility index (Phi) is 5.65. The normalized spacial score (nSPS) is 21.7. The number of aryl methyl sites for hydroxylation is 1. The van der Waals surface area contributed by atoms with Gasteiger partial charge in [-0.05, 0) is 51.8 Å². The number of hydrogen-bond donors (Lipinski definition) is 1. The highest BCUT2D eigenvalue weighted by atomic mass is 16.5. The van der Waals surface area contributed by atoms with Gasteiger partial charge in [-0.25, -0.2) is 9.97 Å². The summed E-state index contributed by atoms with van der Waals surface area (Å²) < 4.78 is 7.56. The molecule has 0 aromatic carbocycles. The highest BCUT2D eigenvalue weighted by molar-refractivity contribution is 6.06. The summed E-state index contributed by atoms with van der Waals surface area (Å²) in [5, 5.41) is 8.61. The SMILES string of the molecule is Cc1nn(-c2ccccn2)c2nc(C3CC3)cc(C(=O)NCCN3CC(C)OC(C)C3)c12. The van der Waals surface area contributed by atoms with Gasteiger partial charge in [-0.2, -0.15) is 9.78 Å². The Labute approximate surface area is 188 Å². The van der Waals surface area contributed by atoms with Gasteiger partial charge in [0.2, 0.25) is 0 Å². The molecule has 0 radical (unpaired) electrons. The van der Waals surface area contributed by atoms with E-state index in [1.807, 2.05) is 31.2 Å². The first-order valence-corrected chi connectivity index (χ1v) is 11.5. The Bertz CT molecular complexity index is 1110. The van der Waals surface area contributed by atoms with Crippen LogP contribution in [0.4, 0.5) is 0 Å². The average Bonchev–Trinajstić information content (AvgIpc) is 3.57. The number of morpholine rings is 1. The number of nitrogens with one attached hydrogen (secondary N) is 1. The molecule has 5 rings (SSSR count). The van der Waals surface area contributed by atoms with Gasteiger partial charge in [-0.15, -0.1) is 0 Å². The molecule has 32 heavy (non-hydrogen) atoms. The van der Waals surface area contributed by atoms with Crippen molar-refractivity contribution in [3.05, 3.63) is 47.4 Å². The van der Waals surface area contributed by atoms with Crippen molar-refractivity contribution in [3.63, 3.8) is 0 Å². The fourth-order valence-electron chi connectivity index (χ4n) is 4.60. The number of hydrogen-bond acceptors (Lipinski definition) is 6. The Morgan fingerprint density at radius 2 is 2.00 bits per heavy atom. The van der Waals surface area contributed by atoms with Crippen molar-refractivity contribution in [1.82, 2.24) is 30.0 Å². The number of aromatic nitrogens is 4. The van der Waals surface area contributed by atoms with E-state index < -0.39 is 0 Å². The van der Waals surface area contributed by atoms with Gasteiger partial charge in [0.15, 0.2) is 11.5 Å². The first-order valence-electron chi connectivity index (χ1n) is 11.5. The number of rotatable bonds is 6. The highest BCUT2D eigenvalue weighted by Gasteiger charge is 2.29. The molecule has 8 nitrogen and oxygen atoms in total. The van der Waals surface area contributed by atoms with Crippen molar-refractivity contribution in [1.29, 1.82) is 0 Å². The number of ether oxygens (including phenoxy) is 1. The third kappa shape index (κ3) is 4.25. The summed E-state index contributed by atoms with van der Waals surface area (Å²) in [6.45, 7) is 9.29. The monoisotopic (exact) mass is 434 g/mol. The van der Waals surface area contributed by atoms with Crippen LogP contribution in [0.25, 0.3) is 16.9 Å². The predicted octanol–water partition coefficient (Wildman–Crippen LogP) is 2.84. The molecule has 1 saturated carbocycles. The summed E-state index contributed by atoms with van der Waals surface area (Å²) in [5.74, 6) is 1.06. The third-order valence-electron chi connectivity index (χ3n) is 6.15. The van der Waals surface area contributed by atoms with Crippen LogP contribution in [0.5, 0.6) is 0 Å². The standard InChI is InChI=1S/C24H30N6O2/c1-15-13-29(14-16(2)32-15)11-10-26-24(31)19-12-20(18-7-8-18)27-23-22(19)17(3)28-30(23)21-6-4-5-9-25-21/h4-6,9,12,15-16,18H,7-8,10-11,13-14H2,1-3H3,(H,26,31). The number of nitrogens with zero attached hydrogens (tertiary/aromatic N) is 5. The molecule has 1 aliphatic carbocycles. The number of fused-ring (bicyclic) bond motifs is 1. The fraction of sp³-hybridized carbons (Fsp3) is 0.500. The van der Waals surface area contributed by atoms with E-state index in [-0.39, 0.29) is 18.1 Å². The zero-order chi connectivity index (χ0) is 22.2. The van der Waals surface area contributed by atoms with Crippen molar-refractivity contribution in [2.75, 3.05) is 26.2 Å². The summed E-state index contributed by atoms with van der Waals surface area (Å²) in [6, 6.07) is 7.67. The van der Waals surface area contributed by atoms with Gasteiger partial charge in [-0.1, -0.05) is 6.07 Å². The van der Waals surface area contributed by atoms with Crippen molar-refractivity contribution >= 4 is 16.9 Å². The predicted molar refractivity (Wildman–Crippen MR) is 122 cm³/mol. The molecule has 3 aromatic rings. The van der Waals surface area contributed by atoms with Crippen LogP contribution in [0.1, 0.15) is 54.4 Å². The van der Waals surface area contributed by atoms with E-state index in [4.69, 9.17) is 9.72 Å². The largest absolute Gasteiger partial charge is 0.373 e. The Balaban J connectivity index is 1.41. The summed E-state index contributed by atoms with van der Waals surface area (Å²) in [5.41, 5.74) is 3.10. The van der Waals surface area contributed by atoms with E-state index in [0.29, 0.717) is 29.5 Å². The number of carbonyl (C=O) groups excluding carboxylic acids is 1. The Morgan fingerprint density at radius 1 is 1.22 bits per heavy atom. The second-order valence-electron chi connectivity index (χ2n) is 9.03. The van der Waals surface area contributed by atoms with Gasteiger partial charge in [0.05, 0.1) is 28.9 Å². The lowest BCUT2D eigenvalue weighted by Crippen LogP contribution is -2.47. The molecule has 2 unspecified atom stereocenters. The first kappa shape index (κ1) is 21.0. The maximum Gasteiger partial charge on any atom is 0.252 e. The van der Waals surface area contributed by atoms with Crippen molar-refractivity contribution in [2.45, 2.75) is 51.7 Å². The second-order valence-corrected chi connectivity index (χ2v) is 9.03. The van der Waals surface area contributed by atoms with Crippen LogP contribution in [0.2, 0.25) is 0 Å². The molecule has 2 fully saturated rings. The van der Waals surface area contributed by atoms with E-state index in [0.717, 1.165) is 49.2 Å². The molecule has 4 heterocycles. The number of amides is 1. The minimum Gasteiger partial charge on any atom is -0.373 e. The molecule has 0 bridgehead atoms. The van der Waals surface area contributed by atoms with E-state index in [1.165, 1.54) is 0 Å². The molecule has 2 atom stereocenters. The molecule has 1 aliphatic heterocycles. The summed E-state index contributed by atoms with van der Waals surface area (Å²) >= 11 is 0. The maximum atomic E-state index is 13.3. The van der Waals surface area contributed by atoms with Crippen LogP contribution in [0.15, 0.2) is 30.5 Å². The molecule has 1 N–H and O–H groups in total. The fourth-order valence-corrected chi connectivity index (χ4v) is 4.60. The summed E-state index contributed by atoms with van der Waals surface area (Å²) in [6.07, 6.45) is 4.41. The van der Waals surface area contributed by atoms with Gasteiger partial charge in [0.25, 0.3) is 5.91 Å². The minimum atomic E-state index is -0.0719. The molecule has 168 valence electrons. The molecule has 1 saturated heterocycles. The highest BCUT2D eigenvalue weighted by Crippen LogP contribution is 2.40. The second kappa shape index (κ2) is 8.60. The van der Waals surface area contributed by atoms with Crippen LogP contribution in [-0.4, -0.2) is 68.9 Å².